The zero-order valence-corrected chi connectivity index (χ0v) is 15.7. The molecule has 0 atom stereocenters. The Morgan fingerprint density at radius 1 is 1.14 bits per heavy atom. The quantitative estimate of drug-likeness (QED) is 0.744. The summed E-state index contributed by atoms with van der Waals surface area (Å²) in [5, 5.41) is 3.12. The van der Waals surface area contributed by atoms with Gasteiger partial charge in [-0.25, -0.2) is 14.4 Å². The van der Waals surface area contributed by atoms with Crippen molar-refractivity contribution in [3.63, 3.8) is 0 Å². The summed E-state index contributed by atoms with van der Waals surface area (Å²) in [5.74, 6) is -0.00861. The summed E-state index contributed by atoms with van der Waals surface area (Å²) >= 11 is 0. The Morgan fingerprint density at radius 3 is 2.75 bits per heavy atom. The molecule has 3 aromatic rings. The van der Waals surface area contributed by atoms with Crippen LogP contribution in [0.4, 0.5) is 16.0 Å². The van der Waals surface area contributed by atoms with Gasteiger partial charge in [-0.3, -0.25) is 4.79 Å². The Labute approximate surface area is 163 Å². The lowest BCUT2D eigenvalue weighted by Gasteiger charge is -2.29. The number of aromatic nitrogens is 2. The topological polar surface area (TPSA) is 58.1 Å². The summed E-state index contributed by atoms with van der Waals surface area (Å²) < 4.78 is 13.0. The Bertz CT molecular complexity index is 1000. The number of hydrogen-bond acceptors (Lipinski definition) is 4. The van der Waals surface area contributed by atoms with Gasteiger partial charge >= 0.3 is 0 Å². The van der Waals surface area contributed by atoms with Gasteiger partial charge < -0.3 is 10.2 Å². The number of para-hydroxylation sites is 1. The molecule has 4 rings (SSSR count). The normalized spacial score (nSPS) is 13.1. The number of carbonyl (C=O) groups is 1. The first kappa shape index (κ1) is 18.1. The lowest BCUT2D eigenvalue weighted by molar-refractivity contribution is 0.0980. The van der Waals surface area contributed by atoms with Crippen LogP contribution in [-0.2, 0) is 13.0 Å². The maximum absolute atomic E-state index is 13.1. The molecule has 1 amide bonds. The summed E-state index contributed by atoms with van der Waals surface area (Å²) in [4.78, 5) is 23.7. The van der Waals surface area contributed by atoms with E-state index in [2.05, 4.69) is 21.4 Å². The summed E-state index contributed by atoms with van der Waals surface area (Å²) in [7, 11) is 0. The van der Waals surface area contributed by atoms with Crippen molar-refractivity contribution in [3.8, 4) is 0 Å². The third-order valence-electron chi connectivity index (χ3n) is 4.79. The molecule has 0 unspecified atom stereocenters. The Morgan fingerprint density at radius 2 is 1.93 bits per heavy atom. The molecule has 5 nitrogen and oxygen atoms in total. The highest BCUT2D eigenvalue weighted by atomic mass is 19.1. The first-order valence-corrected chi connectivity index (χ1v) is 9.34. The summed E-state index contributed by atoms with van der Waals surface area (Å²) in [6.07, 6.45) is 1.91. The van der Waals surface area contributed by atoms with Crippen LogP contribution in [0.2, 0.25) is 0 Å². The van der Waals surface area contributed by atoms with E-state index in [0.29, 0.717) is 30.4 Å². The van der Waals surface area contributed by atoms with E-state index >= 15 is 0 Å². The van der Waals surface area contributed by atoms with Crippen molar-refractivity contribution in [2.75, 3.05) is 16.8 Å². The Hall–Kier alpha value is -3.28. The second kappa shape index (κ2) is 7.76. The van der Waals surface area contributed by atoms with Crippen molar-refractivity contribution in [3.05, 3.63) is 82.9 Å². The second-order valence-corrected chi connectivity index (χ2v) is 6.89. The Balaban J connectivity index is 1.55. The molecule has 0 saturated carbocycles. The fourth-order valence-corrected chi connectivity index (χ4v) is 3.42. The van der Waals surface area contributed by atoms with Crippen LogP contribution in [0.3, 0.4) is 0 Å². The van der Waals surface area contributed by atoms with Gasteiger partial charge in [-0.1, -0.05) is 30.3 Å². The molecule has 1 aliphatic rings. The number of carbonyl (C=O) groups excluding carboxylic acids is 1. The van der Waals surface area contributed by atoms with Gasteiger partial charge in [0.25, 0.3) is 5.91 Å². The SMILES string of the molecule is Cc1cc(C(=O)N2CCCc3ccccc32)nc(NCc2ccc(F)cc2)n1. The first-order valence-electron chi connectivity index (χ1n) is 9.34. The van der Waals surface area contributed by atoms with Crippen LogP contribution in [0.5, 0.6) is 0 Å². The van der Waals surface area contributed by atoms with Crippen molar-refractivity contribution in [1.29, 1.82) is 0 Å². The maximum atomic E-state index is 13.1. The maximum Gasteiger partial charge on any atom is 0.277 e. The Kier molecular flexibility index (Phi) is 5.02. The van der Waals surface area contributed by atoms with E-state index in [1.54, 1.807) is 23.1 Å². The fourth-order valence-electron chi connectivity index (χ4n) is 3.42. The average Bonchev–Trinajstić information content (AvgIpc) is 2.72. The van der Waals surface area contributed by atoms with E-state index in [0.717, 1.165) is 24.1 Å². The van der Waals surface area contributed by atoms with Gasteiger partial charge in [0.15, 0.2) is 0 Å². The van der Waals surface area contributed by atoms with Gasteiger partial charge in [-0.15, -0.1) is 0 Å². The standard InChI is InChI=1S/C22H21FN4O/c1-15-13-19(21(28)27-12-4-6-17-5-2-3-7-20(17)27)26-22(25-15)24-14-16-8-10-18(23)11-9-16/h2-3,5,7-11,13H,4,6,12,14H2,1H3,(H,24,25,26). The average molecular weight is 376 g/mol. The molecule has 2 aromatic carbocycles. The summed E-state index contributed by atoms with van der Waals surface area (Å²) in [6, 6.07) is 15.9. The number of anilines is 2. The van der Waals surface area contributed by atoms with Crippen LogP contribution in [0.1, 0.15) is 33.7 Å². The van der Waals surface area contributed by atoms with E-state index in [4.69, 9.17) is 0 Å². The number of benzene rings is 2. The van der Waals surface area contributed by atoms with Crippen molar-refractivity contribution in [2.45, 2.75) is 26.3 Å². The van der Waals surface area contributed by atoms with Crippen molar-refractivity contribution >= 4 is 17.5 Å². The zero-order chi connectivity index (χ0) is 19.5. The van der Waals surface area contributed by atoms with Crippen LogP contribution in [0.15, 0.2) is 54.6 Å². The third-order valence-corrected chi connectivity index (χ3v) is 4.79. The molecule has 2 heterocycles. The number of fused-ring (bicyclic) bond motifs is 1. The molecule has 0 bridgehead atoms. The lowest BCUT2D eigenvalue weighted by atomic mass is 10.0. The molecule has 6 heteroatoms. The lowest BCUT2D eigenvalue weighted by Crippen LogP contribution is -2.36. The summed E-state index contributed by atoms with van der Waals surface area (Å²) in [5.41, 5.74) is 4.12. The number of amides is 1. The van der Waals surface area contributed by atoms with Crippen LogP contribution >= 0.6 is 0 Å². The highest BCUT2D eigenvalue weighted by Gasteiger charge is 2.24. The molecule has 1 N–H and O–H groups in total. The van der Waals surface area contributed by atoms with Crippen molar-refractivity contribution in [1.82, 2.24) is 9.97 Å². The van der Waals surface area contributed by atoms with Crippen molar-refractivity contribution in [2.24, 2.45) is 0 Å². The monoisotopic (exact) mass is 376 g/mol. The minimum Gasteiger partial charge on any atom is -0.350 e. The van der Waals surface area contributed by atoms with Gasteiger partial charge in [0.05, 0.1) is 0 Å². The number of halogens is 1. The van der Waals surface area contributed by atoms with Gasteiger partial charge in [0.2, 0.25) is 5.95 Å². The molecule has 1 aromatic heterocycles. The number of nitrogens with one attached hydrogen (secondary N) is 1. The van der Waals surface area contributed by atoms with Gasteiger partial charge in [0, 0.05) is 24.5 Å². The molecule has 0 aliphatic carbocycles. The van der Waals surface area contributed by atoms with Crippen LogP contribution < -0.4 is 10.2 Å². The van der Waals surface area contributed by atoms with E-state index in [1.165, 1.54) is 17.7 Å². The van der Waals surface area contributed by atoms with E-state index < -0.39 is 0 Å². The number of hydrogen-bond donors (Lipinski definition) is 1. The largest absolute Gasteiger partial charge is 0.350 e. The van der Waals surface area contributed by atoms with Gasteiger partial charge in [-0.05, 0) is 55.2 Å². The fraction of sp³-hybridized carbons (Fsp3) is 0.227. The molecular formula is C22H21FN4O. The van der Waals surface area contributed by atoms with Crippen molar-refractivity contribution < 1.29 is 9.18 Å². The van der Waals surface area contributed by atoms with Gasteiger partial charge in [0.1, 0.15) is 11.5 Å². The zero-order valence-electron chi connectivity index (χ0n) is 15.7. The number of nitrogens with zero attached hydrogens (tertiary/aromatic N) is 3. The van der Waals surface area contributed by atoms with Gasteiger partial charge in [-0.2, -0.15) is 0 Å². The highest BCUT2D eigenvalue weighted by molar-refractivity contribution is 6.05. The molecule has 28 heavy (non-hydrogen) atoms. The predicted octanol–water partition coefficient (Wildman–Crippen LogP) is 4.13. The highest BCUT2D eigenvalue weighted by Crippen LogP contribution is 2.28. The smallest absolute Gasteiger partial charge is 0.277 e. The number of aryl methyl sites for hydroxylation is 2. The summed E-state index contributed by atoms with van der Waals surface area (Å²) in [6.45, 7) is 2.97. The number of rotatable bonds is 4. The molecular weight excluding hydrogens is 355 g/mol. The predicted molar refractivity (Wildman–Crippen MR) is 107 cm³/mol. The molecule has 0 saturated heterocycles. The third kappa shape index (κ3) is 3.86. The minimum atomic E-state index is -0.273. The molecule has 0 spiro atoms. The van der Waals surface area contributed by atoms with E-state index in [9.17, 15) is 9.18 Å². The molecule has 1 aliphatic heterocycles. The molecule has 142 valence electrons. The van der Waals surface area contributed by atoms with Crippen LogP contribution in [-0.4, -0.2) is 22.4 Å². The molecule has 0 radical (unpaired) electrons. The molecule has 0 fully saturated rings. The second-order valence-electron chi connectivity index (χ2n) is 6.89. The van der Waals surface area contributed by atoms with E-state index in [1.807, 2.05) is 25.1 Å². The minimum absolute atomic E-state index is 0.123. The first-order chi connectivity index (χ1) is 13.6. The van der Waals surface area contributed by atoms with Crippen LogP contribution in [0, 0.1) is 12.7 Å². The van der Waals surface area contributed by atoms with E-state index in [-0.39, 0.29) is 11.7 Å². The van der Waals surface area contributed by atoms with Crippen LogP contribution in [0.25, 0.3) is 0 Å².